The zero-order chi connectivity index (χ0) is 28.0. The predicted octanol–water partition coefficient (Wildman–Crippen LogP) is 4.99. The number of rotatable bonds is 10. The number of aromatic nitrogens is 2. The number of hydrogen-bond acceptors (Lipinski definition) is 5. The maximum atomic E-state index is 12.5. The molecule has 0 fully saturated rings. The van der Waals surface area contributed by atoms with E-state index in [4.69, 9.17) is 5.14 Å². The molecule has 40 heavy (non-hydrogen) atoms. The summed E-state index contributed by atoms with van der Waals surface area (Å²) in [7, 11) is -3.81. The van der Waals surface area contributed by atoms with E-state index < -0.39 is 14.8 Å². The second-order valence-corrected chi connectivity index (χ2v) is 11.9. The van der Waals surface area contributed by atoms with Crippen LogP contribution in [0.5, 0.6) is 0 Å². The van der Waals surface area contributed by atoms with Gasteiger partial charge in [0.2, 0.25) is 10.0 Å². The van der Waals surface area contributed by atoms with Crippen molar-refractivity contribution in [3.63, 3.8) is 0 Å². The highest BCUT2D eigenvalue weighted by Gasteiger charge is 2.38. The van der Waals surface area contributed by atoms with Gasteiger partial charge in [0.25, 0.3) is 5.91 Å². The van der Waals surface area contributed by atoms with E-state index in [0.29, 0.717) is 18.5 Å². The Kier molecular flexibility index (Phi) is 8.16. The largest absolute Gasteiger partial charge is 0.352 e. The third-order valence-corrected chi connectivity index (χ3v) is 8.83. The Morgan fingerprint density at radius 1 is 0.800 bits per heavy atom. The summed E-state index contributed by atoms with van der Waals surface area (Å²) in [6, 6.07) is 36.8. The minimum absolute atomic E-state index is 0.0373. The quantitative estimate of drug-likeness (QED) is 0.231. The number of nitrogens with one attached hydrogen (secondary N) is 1. The maximum Gasteiger partial charge on any atom is 0.251 e. The summed E-state index contributed by atoms with van der Waals surface area (Å²) >= 11 is 1.66. The number of imidazole rings is 1. The van der Waals surface area contributed by atoms with E-state index in [0.717, 1.165) is 22.4 Å². The second-order valence-electron chi connectivity index (χ2n) is 9.17. The summed E-state index contributed by atoms with van der Waals surface area (Å²) in [5, 5.41) is 7.99. The predicted molar refractivity (Wildman–Crippen MR) is 158 cm³/mol. The van der Waals surface area contributed by atoms with Gasteiger partial charge in [-0.15, -0.1) is 0 Å². The van der Waals surface area contributed by atoms with Crippen LogP contribution in [0.15, 0.2) is 133 Å². The molecule has 1 aromatic heterocycles. The van der Waals surface area contributed by atoms with Crippen LogP contribution in [0.3, 0.4) is 0 Å². The Morgan fingerprint density at radius 2 is 1.30 bits per heavy atom. The lowest BCUT2D eigenvalue weighted by Gasteiger charge is -2.35. The van der Waals surface area contributed by atoms with Gasteiger partial charge in [-0.05, 0) is 52.9 Å². The van der Waals surface area contributed by atoms with Gasteiger partial charge in [0.1, 0.15) is 11.1 Å². The van der Waals surface area contributed by atoms with Crippen LogP contribution in [-0.4, -0.2) is 29.8 Å². The molecular formula is C31H28N4O3S2. The van der Waals surface area contributed by atoms with E-state index in [9.17, 15) is 13.2 Å². The lowest BCUT2D eigenvalue weighted by Crippen LogP contribution is -2.27. The SMILES string of the molecule is NS(=O)(=O)c1ccc(C(=O)NCCc2cn(SC(c3ccccc3)(c3ccccc3)c3ccccc3)cn2)cc1. The molecule has 0 saturated heterocycles. The van der Waals surface area contributed by atoms with Crippen LogP contribution in [0, 0.1) is 0 Å². The Morgan fingerprint density at radius 3 is 1.77 bits per heavy atom. The number of sulfonamides is 1. The number of nitrogens with two attached hydrogens (primary N) is 1. The first-order valence-electron chi connectivity index (χ1n) is 12.7. The van der Waals surface area contributed by atoms with E-state index in [1.807, 2.05) is 28.4 Å². The van der Waals surface area contributed by atoms with Crippen LogP contribution in [0.25, 0.3) is 0 Å². The van der Waals surface area contributed by atoms with Gasteiger partial charge < -0.3 is 5.32 Å². The summed E-state index contributed by atoms with van der Waals surface area (Å²) in [5.74, 6) is -0.300. The van der Waals surface area contributed by atoms with Crippen molar-refractivity contribution in [2.75, 3.05) is 6.54 Å². The summed E-state index contributed by atoms with van der Waals surface area (Å²) in [5.41, 5.74) is 4.63. The molecule has 202 valence electrons. The number of benzene rings is 4. The number of hydrogen-bond donors (Lipinski definition) is 2. The highest BCUT2D eigenvalue weighted by molar-refractivity contribution is 7.99. The van der Waals surface area contributed by atoms with Gasteiger partial charge >= 0.3 is 0 Å². The van der Waals surface area contributed by atoms with Crippen LogP contribution >= 0.6 is 11.9 Å². The fourth-order valence-corrected chi connectivity index (χ4v) is 6.39. The number of nitrogens with zero attached hydrogens (tertiary/aromatic N) is 2. The van der Waals surface area contributed by atoms with Crippen LogP contribution in [-0.2, 0) is 21.2 Å². The van der Waals surface area contributed by atoms with Crippen molar-refractivity contribution in [2.45, 2.75) is 16.1 Å². The fraction of sp³-hybridized carbons (Fsp3) is 0.0968. The summed E-state index contributed by atoms with van der Waals surface area (Å²) in [6.07, 6.45) is 4.32. The van der Waals surface area contributed by atoms with Crippen LogP contribution in [0.1, 0.15) is 32.7 Å². The first kappa shape index (κ1) is 27.4. The average molecular weight is 569 g/mol. The Labute approximate surface area is 238 Å². The first-order chi connectivity index (χ1) is 19.4. The molecule has 1 amide bonds. The van der Waals surface area contributed by atoms with Crippen LogP contribution in [0.4, 0.5) is 0 Å². The van der Waals surface area contributed by atoms with E-state index in [1.54, 1.807) is 18.3 Å². The van der Waals surface area contributed by atoms with E-state index in [-0.39, 0.29) is 10.8 Å². The van der Waals surface area contributed by atoms with E-state index in [1.165, 1.54) is 24.3 Å². The summed E-state index contributed by atoms with van der Waals surface area (Å²) < 4.78 is 24.4. The smallest absolute Gasteiger partial charge is 0.251 e. The molecule has 3 N–H and O–H groups in total. The van der Waals surface area contributed by atoms with Crippen molar-refractivity contribution in [3.05, 3.63) is 156 Å². The molecule has 5 aromatic rings. The van der Waals surface area contributed by atoms with Crippen molar-refractivity contribution in [3.8, 4) is 0 Å². The number of primary sulfonamides is 1. The molecular weight excluding hydrogens is 541 g/mol. The van der Waals surface area contributed by atoms with Crippen LogP contribution in [0.2, 0.25) is 0 Å². The van der Waals surface area contributed by atoms with E-state index in [2.05, 4.69) is 83.1 Å². The molecule has 0 aliphatic carbocycles. The lowest BCUT2D eigenvalue weighted by molar-refractivity contribution is 0.0954. The van der Waals surface area contributed by atoms with Gasteiger partial charge in [0, 0.05) is 24.7 Å². The van der Waals surface area contributed by atoms with Crippen molar-refractivity contribution >= 4 is 27.9 Å². The molecule has 7 nitrogen and oxygen atoms in total. The highest BCUT2D eigenvalue weighted by Crippen LogP contribution is 2.48. The van der Waals surface area contributed by atoms with Crippen LogP contribution < -0.4 is 10.5 Å². The molecule has 0 saturated carbocycles. The maximum absolute atomic E-state index is 12.5. The second kappa shape index (κ2) is 11.9. The van der Waals surface area contributed by atoms with Gasteiger partial charge in [-0.2, -0.15) is 0 Å². The zero-order valence-corrected chi connectivity index (χ0v) is 23.2. The zero-order valence-electron chi connectivity index (χ0n) is 21.6. The molecule has 0 unspecified atom stereocenters. The van der Waals surface area contributed by atoms with Gasteiger partial charge in [-0.3, -0.25) is 8.77 Å². The standard InChI is InChI=1S/C31H28N4O3S2/c32-40(37,38)29-18-16-24(17-19-29)30(36)33-21-20-28-22-35(23-34-28)39-31(25-10-4-1-5-11-25,26-12-6-2-7-13-26)27-14-8-3-9-15-27/h1-19,22-23H,20-21H2,(H,33,36)(H2,32,37,38). The van der Waals surface area contributed by atoms with Crippen molar-refractivity contribution in [1.29, 1.82) is 0 Å². The molecule has 0 radical (unpaired) electrons. The number of amides is 1. The van der Waals surface area contributed by atoms with Gasteiger partial charge in [0.15, 0.2) is 0 Å². The summed E-state index contributed by atoms with van der Waals surface area (Å²) in [4.78, 5) is 17.1. The molecule has 9 heteroatoms. The monoisotopic (exact) mass is 568 g/mol. The highest BCUT2D eigenvalue weighted by atomic mass is 32.2. The summed E-state index contributed by atoms with van der Waals surface area (Å²) in [6.45, 7) is 0.374. The number of carbonyl (C=O) groups is 1. The molecule has 4 aromatic carbocycles. The van der Waals surface area contributed by atoms with Gasteiger partial charge in [-0.1, -0.05) is 91.0 Å². The Hall–Kier alpha value is -4.18. The molecule has 0 spiro atoms. The van der Waals surface area contributed by atoms with E-state index >= 15 is 0 Å². The Balaban J connectivity index is 1.35. The minimum atomic E-state index is -3.81. The van der Waals surface area contributed by atoms with Gasteiger partial charge in [0.05, 0.1) is 10.6 Å². The lowest BCUT2D eigenvalue weighted by atomic mass is 9.84. The average Bonchev–Trinajstić information content (AvgIpc) is 3.44. The fourth-order valence-electron chi connectivity index (χ4n) is 4.56. The number of carbonyl (C=O) groups excluding carboxylic acids is 1. The topological polar surface area (TPSA) is 107 Å². The normalized spacial score (nSPS) is 11.7. The molecule has 0 atom stereocenters. The molecule has 1 heterocycles. The third-order valence-electron chi connectivity index (χ3n) is 6.51. The van der Waals surface area contributed by atoms with Crippen molar-refractivity contribution in [1.82, 2.24) is 14.3 Å². The Bertz CT molecular complexity index is 1580. The van der Waals surface area contributed by atoms with Crippen molar-refractivity contribution in [2.24, 2.45) is 5.14 Å². The molecule has 0 aliphatic rings. The van der Waals surface area contributed by atoms with Crippen molar-refractivity contribution < 1.29 is 13.2 Å². The molecule has 5 rings (SSSR count). The molecule has 0 aliphatic heterocycles. The molecule has 0 bridgehead atoms. The third kappa shape index (κ3) is 6.02. The first-order valence-corrected chi connectivity index (χ1v) is 15.0. The van der Waals surface area contributed by atoms with Gasteiger partial charge in [-0.25, -0.2) is 18.5 Å². The minimum Gasteiger partial charge on any atom is -0.352 e.